The Kier molecular flexibility index (Phi) is 6.68. The molecule has 3 unspecified atom stereocenters. The van der Waals surface area contributed by atoms with Crippen molar-refractivity contribution in [3.63, 3.8) is 0 Å². The predicted molar refractivity (Wildman–Crippen MR) is 92.1 cm³/mol. The Bertz CT molecular complexity index is 618. The second-order valence-electron chi connectivity index (χ2n) is 6.52. The average molecular weight is 376 g/mol. The number of ether oxygens (including phenoxy) is 2. The SMILES string of the molecule is C=C(C)Cn1c(C(CC)OCC)nnc1N1CCOC(C(F)(F)F)C1C. The van der Waals surface area contributed by atoms with Gasteiger partial charge in [0, 0.05) is 19.7 Å². The summed E-state index contributed by atoms with van der Waals surface area (Å²) in [6.07, 6.45) is -5.87. The second-order valence-corrected chi connectivity index (χ2v) is 6.52. The molecule has 0 bridgehead atoms. The van der Waals surface area contributed by atoms with Crippen LogP contribution in [-0.4, -0.2) is 52.8 Å². The summed E-state index contributed by atoms with van der Waals surface area (Å²) < 4.78 is 52.3. The maximum Gasteiger partial charge on any atom is 0.416 e. The highest BCUT2D eigenvalue weighted by molar-refractivity contribution is 5.35. The van der Waals surface area contributed by atoms with Crippen molar-refractivity contribution in [3.05, 3.63) is 18.0 Å². The van der Waals surface area contributed by atoms with Gasteiger partial charge in [-0.15, -0.1) is 10.2 Å². The molecule has 0 aromatic carbocycles. The van der Waals surface area contributed by atoms with Crippen molar-refractivity contribution in [1.82, 2.24) is 14.8 Å². The van der Waals surface area contributed by atoms with Gasteiger partial charge in [-0.2, -0.15) is 13.2 Å². The van der Waals surface area contributed by atoms with Gasteiger partial charge in [0.1, 0.15) is 6.10 Å². The molecule has 0 amide bonds. The lowest BCUT2D eigenvalue weighted by molar-refractivity contribution is -0.231. The van der Waals surface area contributed by atoms with Crippen LogP contribution in [0.3, 0.4) is 0 Å². The first-order valence-corrected chi connectivity index (χ1v) is 8.84. The zero-order chi connectivity index (χ0) is 19.5. The number of halogens is 3. The molecule has 0 radical (unpaired) electrons. The third-order valence-electron chi connectivity index (χ3n) is 4.35. The van der Waals surface area contributed by atoms with Crippen LogP contribution in [0, 0.1) is 0 Å². The van der Waals surface area contributed by atoms with Crippen molar-refractivity contribution in [2.24, 2.45) is 0 Å². The van der Waals surface area contributed by atoms with Crippen LogP contribution in [0.25, 0.3) is 0 Å². The molecule has 0 N–H and O–H groups in total. The first-order valence-electron chi connectivity index (χ1n) is 8.84. The average Bonchev–Trinajstić information content (AvgIpc) is 2.94. The van der Waals surface area contributed by atoms with E-state index in [1.165, 1.54) is 6.92 Å². The molecule has 1 aliphatic rings. The molecule has 0 spiro atoms. The monoisotopic (exact) mass is 376 g/mol. The summed E-state index contributed by atoms with van der Waals surface area (Å²) in [7, 11) is 0. The molecule has 3 atom stereocenters. The highest BCUT2D eigenvalue weighted by atomic mass is 19.4. The molecule has 1 aromatic heterocycles. The minimum absolute atomic E-state index is 0.0214. The summed E-state index contributed by atoms with van der Waals surface area (Å²) in [5.74, 6) is 1.00. The van der Waals surface area contributed by atoms with Gasteiger partial charge in [-0.1, -0.05) is 19.1 Å². The van der Waals surface area contributed by atoms with E-state index < -0.39 is 18.3 Å². The van der Waals surface area contributed by atoms with E-state index in [-0.39, 0.29) is 12.7 Å². The summed E-state index contributed by atoms with van der Waals surface area (Å²) in [4.78, 5) is 1.61. The third-order valence-corrected chi connectivity index (χ3v) is 4.35. The number of aromatic nitrogens is 3. The largest absolute Gasteiger partial charge is 0.416 e. The van der Waals surface area contributed by atoms with Crippen LogP contribution in [0.1, 0.15) is 46.0 Å². The zero-order valence-electron chi connectivity index (χ0n) is 15.7. The van der Waals surface area contributed by atoms with Crippen LogP contribution >= 0.6 is 0 Å². The summed E-state index contributed by atoms with van der Waals surface area (Å²) in [5.41, 5.74) is 0.854. The fraction of sp³-hybridized carbons (Fsp3) is 0.765. The van der Waals surface area contributed by atoms with Crippen molar-refractivity contribution in [2.45, 2.75) is 65.1 Å². The molecular weight excluding hydrogens is 349 g/mol. The molecule has 148 valence electrons. The van der Waals surface area contributed by atoms with Crippen LogP contribution in [-0.2, 0) is 16.0 Å². The van der Waals surface area contributed by atoms with E-state index in [2.05, 4.69) is 16.8 Å². The second kappa shape index (κ2) is 8.39. The summed E-state index contributed by atoms with van der Waals surface area (Å²) in [5, 5.41) is 8.44. The molecule has 9 heteroatoms. The van der Waals surface area contributed by atoms with Crippen LogP contribution < -0.4 is 4.90 Å². The lowest BCUT2D eigenvalue weighted by atomic mass is 10.1. The van der Waals surface area contributed by atoms with Gasteiger partial charge in [0.2, 0.25) is 5.95 Å². The Balaban J connectivity index is 2.41. The molecule has 26 heavy (non-hydrogen) atoms. The number of alkyl halides is 3. The molecule has 6 nitrogen and oxygen atoms in total. The molecule has 2 heterocycles. The topological polar surface area (TPSA) is 52.4 Å². The molecule has 0 aliphatic carbocycles. The molecule has 0 saturated carbocycles. The standard InChI is InChI=1S/C17H27F3N4O2/c1-6-13(25-7-2)15-21-22-16(24(15)10-11(3)4)23-8-9-26-14(12(23)5)17(18,19)20/h12-14H,3,6-10H2,1-2,4-5H3. The van der Waals surface area contributed by atoms with Crippen LogP contribution in [0.5, 0.6) is 0 Å². The van der Waals surface area contributed by atoms with Crippen molar-refractivity contribution >= 4 is 5.95 Å². The number of hydrogen-bond acceptors (Lipinski definition) is 5. The molecular formula is C17H27F3N4O2. The van der Waals surface area contributed by atoms with Crippen LogP contribution in [0.15, 0.2) is 12.2 Å². The zero-order valence-corrected chi connectivity index (χ0v) is 15.7. The Labute approximate surface area is 152 Å². The van der Waals surface area contributed by atoms with Crippen LogP contribution in [0.4, 0.5) is 19.1 Å². The molecule has 1 aromatic rings. The van der Waals surface area contributed by atoms with Crippen molar-refractivity contribution in [1.29, 1.82) is 0 Å². The quantitative estimate of drug-likeness (QED) is 0.682. The maximum absolute atomic E-state index is 13.3. The first kappa shape index (κ1) is 20.7. The van der Waals surface area contributed by atoms with E-state index >= 15 is 0 Å². The van der Waals surface area contributed by atoms with Crippen LogP contribution in [0.2, 0.25) is 0 Å². The van der Waals surface area contributed by atoms with Gasteiger partial charge < -0.3 is 14.4 Å². The lowest BCUT2D eigenvalue weighted by Crippen LogP contribution is -2.56. The van der Waals surface area contributed by atoms with E-state index in [4.69, 9.17) is 9.47 Å². The van der Waals surface area contributed by atoms with Gasteiger partial charge in [0.05, 0.1) is 12.6 Å². The normalized spacial score (nSPS) is 22.5. The first-order chi connectivity index (χ1) is 12.2. The number of hydrogen-bond donors (Lipinski definition) is 0. The Morgan fingerprint density at radius 3 is 2.62 bits per heavy atom. The summed E-state index contributed by atoms with van der Waals surface area (Å²) >= 11 is 0. The highest BCUT2D eigenvalue weighted by Crippen LogP contribution is 2.33. The number of morpholine rings is 1. The van der Waals surface area contributed by atoms with Crippen molar-refractivity contribution in [3.8, 4) is 0 Å². The molecule has 1 saturated heterocycles. The Morgan fingerprint density at radius 2 is 2.08 bits per heavy atom. The van der Waals surface area contributed by atoms with Gasteiger partial charge in [-0.3, -0.25) is 4.57 Å². The highest BCUT2D eigenvalue weighted by Gasteiger charge is 2.49. The smallest absolute Gasteiger partial charge is 0.371 e. The molecule has 2 rings (SSSR count). The van der Waals surface area contributed by atoms with Crippen molar-refractivity contribution in [2.75, 3.05) is 24.7 Å². The van der Waals surface area contributed by atoms with Gasteiger partial charge in [-0.05, 0) is 27.2 Å². The third kappa shape index (κ3) is 4.37. The summed E-state index contributed by atoms with van der Waals surface area (Å²) in [6, 6.07) is -0.906. The fourth-order valence-corrected chi connectivity index (χ4v) is 3.19. The number of allylic oxidation sites excluding steroid dienone is 1. The van der Waals surface area contributed by atoms with E-state index in [1.54, 1.807) is 9.47 Å². The number of nitrogens with zero attached hydrogens (tertiary/aromatic N) is 4. The fourth-order valence-electron chi connectivity index (χ4n) is 3.19. The van der Waals surface area contributed by atoms with E-state index in [9.17, 15) is 13.2 Å². The predicted octanol–water partition coefficient (Wildman–Crippen LogP) is 3.50. The molecule has 1 aliphatic heterocycles. The maximum atomic E-state index is 13.3. The van der Waals surface area contributed by atoms with Gasteiger partial charge >= 0.3 is 6.18 Å². The van der Waals surface area contributed by atoms with Gasteiger partial charge in [0.25, 0.3) is 0 Å². The molecule has 1 fully saturated rings. The number of anilines is 1. The lowest BCUT2D eigenvalue weighted by Gasteiger charge is -2.40. The Hall–Kier alpha value is -1.61. The number of rotatable bonds is 7. The van der Waals surface area contributed by atoms with E-state index in [0.717, 1.165) is 5.57 Å². The van der Waals surface area contributed by atoms with Gasteiger partial charge in [0.15, 0.2) is 11.9 Å². The van der Waals surface area contributed by atoms with E-state index in [1.807, 2.05) is 20.8 Å². The van der Waals surface area contributed by atoms with Crippen molar-refractivity contribution < 1.29 is 22.6 Å². The minimum Gasteiger partial charge on any atom is -0.371 e. The van der Waals surface area contributed by atoms with E-state index in [0.29, 0.717) is 37.9 Å². The van der Waals surface area contributed by atoms with Gasteiger partial charge in [-0.25, -0.2) is 0 Å². The minimum atomic E-state index is -4.43. The Morgan fingerprint density at radius 1 is 1.38 bits per heavy atom. The summed E-state index contributed by atoms with van der Waals surface area (Å²) in [6.45, 7) is 12.4.